The van der Waals surface area contributed by atoms with Gasteiger partial charge in [0.2, 0.25) is 0 Å². The van der Waals surface area contributed by atoms with E-state index in [0.717, 1.165) is 43.7 Å². The molecule has 0 bridgehead atoms. The fourth-order valence-corrected chi connectivity index (χ4v) is 4.62. The van der Waals surface area contributed by atoms with Gasteiger partial charge in [-0.2, -0.15) is 0 Å². The fourth-order valence-electron chi connectivity index (χ4n) is 4.62. The summed E-state index contributed by atoms with van der Waals surface area (Å²) in [5.74, 6) is -0.891. The van der Waals surface area contributed by atoms with Gasteiger partial charge >= 0.3 is 12.1 Å². The van der Waals surface area contributed by atoms with Crippen molar-refractivity contribution in [3.8, 4) is 11.4 Å². The molecule has 0 aliphatic carbocycles. The molecule has 1 amide bonds. The molecule has 0 aromatic carbocycles. The maximum absolute atomic E-state index is 12.2. The number of carboxylic acids is 1. The van der Waals surface area contributed by atoms with E-state index >= 15 is 0 Å². The van der Waals surface area contributed by atoms with Gasteiger partial charge in [0, 0.05) is 33.7 Å². The highest BCUT2D eigenvalue weighted by molar-refractivity contribution is 5.71. The highest BCUT2D eigenvalue weighted by Gasteiger charge is 2.33. The Morgan fingerprint density at radius 1 is 1.29 bits per heavy atom. The number of ether oxygens (including phenoxy) is 1. The van der Waals surface area contributed by atoms with Crippen molar-refractivity contribution in [2.24, 2.45) is 18.9 Å². The van der Waals surface area contributed by atoms with Crippen molar-refractivity contribution in [1.82, 2.24) is 24.9 Å². The second-order valence-corrected chi connectivity index (χ2v) is 8.85. The van der Waals surface area contributed by atoms with Gasteiger partial charge in [-0.3, -0.25) is 4.79 Å². The summed E-state index contributed by atoms with van der Waals surface area (Å²) in [7, 11) is 3.48. The molecule has 2 aromatic rings. The van der Waals surface area contributed by atoms with E-state index in [1.54, 1.807) is 23.7 Å². The van der Waals surface area contributed by atoms with Gasteiger partial charge in [0.05, 0.1) is 23.0 Å². The smallest absolute Gasteiger partial charge is 0.409 e. The Kier molecular flexibility index (Phi) is 8.46. The number of hydrogen-bond acceptors (Lipinski definition) is 7. The lowest BCUT2D eigenvalue weighted by Gasteiger charge is -2.23. The zero-order valence-corrected chi connectivity index (χ0v) is 20.8. The monoisotopic (exact) mass is 472 g/mol. The van der Waals surface area contributed by atoms with Crippen LogP contribution < -0.4 is 4.90 Å². The predicted molar refractivity (Wildman–Crippen MR) is 128 cm³/mol. The van der Waals surface area contributed by atoms with Crippen LogP contribution >= 0.6 is 0 Å². The zero-order valence-electron chi connectivity index (χ0n) is 20.8. The minimum atomic E-state index is -0.713. The summed E-state index contributed by atoms with van der Waals surface area (Å²) in [5.41, 5.74) is 3.90. The zero-order chi connectivity index (χ0) is 24.8. The third-order valence-corrected chi connectivity index (χ3v) is 6.57. The summed E-state index contributed by atoms with van der Waals surface area (Å²) in [6, 6.07) is 3.94. The van der Waals surface area contributed by atoms with E-state index in [9.17, 15) is 14.7 Å². The minimum absolute atomic E-state index is 0.0536. The summed E-state index contributed by atoms with van der Waals surface area (Å²) < 4.78 is 7.07. The number of hydrogen-bond donors (Lipinski definition) is 1. The average Bonchev–Trinajstić information content (AvgIpc) is 3.44. The number of aryl methyl sites for hydroxylation is 2. The summed E-state index contributed by atoms with van der Waals surface area (Å²) in [5, 5.41) is 17.9. The molecule has 0 saturated carbocycles. The van der Waals surface area contributed by atoms with Gasteiger partial charge in [0.1, 0.15) is 18.0 Å². The highest BCUT2D eigenvalue weighted by atomic mass is 16.6. The van der Waals surface area contributed by atoms with Crippen molar-refractivity contribution in [1.29, 1.82) is 0 Å². The minimum Gasteiger partial charge on any atom is -0.481 e. The lowest BCUT2D eigenvalue weighted by molar-refractivity contribution is -0.143. The van der Waals surface area contributed by atoms with Gasteiger partial charge in [-0.15, -0.1) is 5.10 Å². The molecular formula is C24H36N6O4. The molecule has 10 heteroatoms. The van der Waals surface area contributed by atoms with E-state index in [-0.39, 0.29) is 24.5 Å². The van der Waals surface area contributed by atoms with E-state index < -0.39 is 5.97 Å². The number of pyridine rings is 1. The first-order valence-electron chi connectivity index (χ1n) is 12.0. The Bertz CT molecular complexity index is 1010. The van der Waals surface area contributed by atoms with Crippen molar-refractivity contribution >= 4 is 17.7 Å². The third kappa shape index (κ3) is 5.48. The van der Waals surface area contributed by atoms with Gasteiger partial charge in [-0.25, -0.2) is 14.5 Å². The Labute approximate surface area is 200 Å². The van der Waals surface area contributed by atoms with Crippen LogP contribution in [0.1, 0.15) is 51.4 Å². The summed E-state index contributed by atoms with van der Waals surface area (Å²) in [6.45, 7) is 8.21. The van der Waals surface area contributed by atoms with Crippen molar-refractivity contribution in [2.75, 3.05) is 31.6 Å². The molecule has 3 rings (SSSR count). The van der Waals surface area contributed by atoms with E-state index in [2.05, 4.69) is 22.1 Å². The molecule has 186 valence electrons. The van der Waals surface area contributed by atoms with E-state index in [1.807, 2.05) is 26.0 Å². The van der Waals surface area contributed by atoms with Crippen LogP contribution in [-0.4, -0.2) is 68.7 Å². The van der Waals surface area contributed by atoms with E-state index in [1.165, 1.54) is 0 Å². The topological polar surface area (TPSA) is 114 Å². The van der Waals surface area contributed by atoms with Crippen molar-refractivity contribution in [3.63, 3.8) is 0 Å². The molecule has 1 aliphatic heterocycles. The molecule has 1 aliphatic rings. The summed E-state index contributed by atoms with van der Waals surface area (Å²) in [6.07, 6.45) is 2.70. The predicted octanol–water partition coefficient (Wildman–Crippen LogP) is 3.36. The average molecular weight is 473 g/mol. The fraction of sp³-hybridized carbons (Fsp3) is 0.625. The van der Waals surface area contributed by atoms with Gasteiger partial charge in [0.25, 0.3) is 0 Å². The first kappa shape index (κ1) is 25.5. The molecule has 1 saturated heterocycles. The van der Waals surface area contributed by atoms with Gasteiger partial charge < -0.3 is 19.6 Å². The Hall–Kier alpha value is -3.17. The lowest BCUT2D eigenvalue weighted by Crippen LogP contribution is -2.28. The number of nitrogens with zero attached hydrogens (tertiary/aromatic N) is 6. The van der Waals surface area contributed by atoms with Gasteiger partial charge in [-0.05, 0) is 43.7 Å². The second-order valence-electron chi connectivity index (χ2n) is 8.85. The highest BCUT2D eigenvalue weighted by Crippen LogP contribution is 2.33. The second kappa shape index (κ2) is 11.3. The molecule has 3 heterocycles. The molecule has 34 heavy (non-hydrogen) atoms. The van der Waals surface area contributed by atoms with E-state index in [4.69, 9.17) is 9.72 Å². The largest absolute Gasteiger partial charge is 0.481 e. The molecule has 0 radical (unpaired) electrons. The number of carbonyl (C=O) groups is 2. The number of carboxylic acid groups (broad SMARTS) is 1. The maximum Gasteiger partial charge on any atom is 0.409 e. The molecular weight excluding hydrogens is 436 g/mol. The molecule has 0 spiro atoms. The number of carbonyl (C=O) groups excluding carboxylic acids is 1. The van der Waals surface area contributed by atoms with Crippen molar-refractivity contribution < 1.29 is 19.4 Å². The number of amides is 1. The van der Waals surface area contributed by atoms with Crippen LogP contribution in [0.3, 0.4) is 0 Å². The van der Waals surface area contributed by atoms with Gasteiger partial charge in [-0.1, -0.05) is 26.0 Å². The van der Waals surface area contributed by atoms with Crippen LogP contribution in [0.4, 0.5) is 10.5 Å². The molecule has 2 aromatic heterocycles. The molecule has 1 unspecified atom stereocenters. The summed E-state index contributed by atoms with van der Waals surface area (Å²) >= 11 is 0. The molecule has 10 nitrogen and oxygen atoms in total. The third-order valence-electron chi connectivity index (χ3n) is 6.57. The number of anilines is 1. The Morgan fingerprint density at radius 2 is 2.06 bits per heavy atom. The Balaban J connectivity index is 1.79. The molecule has 1 fully saturated rings. The van der Waals surface area contributed by atoms with E-state index in [0.29, 0.717) is 30.0 Å². The first-order chi connectivity index (χ1) is 16.3. The van der Waals surface area contributed by atoms with Crippen molar-refractivity contribution in [3.05, 3.63) is 23.5 Å². The number of rotatable bonds is 10. The first-order valence-corrected chi connectivity index (χ1v) is 12.0. The molecule has 2 atom stereocenters. The van der Waals surface area contributed by atoms with Crippen LogP contribution in [0, 0.1) is 11.8 Å². The van der Waals surface area contributed by atoms with Crippen LogP contribution in [-0.2, 0) is 29.6 Å². The lowest BCUT2D eigenvalue weighted by atomic mass is 9.89. The van der Waals surface area contributed by atoms with Crippen LogP contribution in [0.2, 0.25) is 0 Å². The van der Waals surface area contributed by atoms with Crippen LogP contribution in [0.5, 0.6) is 0 Å². The quantitative estimate of drug-likeness (QED) is 0.560. The molecule has 1 N–H and O–H groups in total. The number of aromatic nitrogens is 4. The SMILES string of the molecule is CCCN(C)C(=O)OCc1c(-c2ccc(N3CC[C@@H](C(CC)C(=O)O)C3)c(CC)n2)nnn1C. The standard InChI is InChI=1S/C24H36N6O4/c1-6-12-28(4)24(33)34-15-21-22(26-27-29(21)5)19-9-10-20(18(8-3)25-19)30-13-11-16(14-30)17(7-2)23(31)32/h9-10,16-17H,6-8,11-15H2,1-5H3,(H,31,32)/t16-,17?/m1/s1. The van der Waals surface area contributed by atoms with Crippen LogP contribution in [0.25, 0.3) is 11.4 Å². The normalized spacial score (nSPS) is 16.5. The summed E-state index contributed by atoms with van der Waals surface area (Å²) in [4.78, 5) is 32.5. The Morgan fingerprint density at radius 3 is 2.71 bits per heavy atom. The van der Waals surface area contributed by atoms with Crippen molar-refractivity contribution in [2.45, 2.75) is 53.1 Å². The number of aliphatic carboxylic acids is 1. The van der Waals surface area contributed by atoms with Gasteiger partial charge in [0.15, 0.2) is 0 Å². The maximum atomic E-state index is 12.2. The van der Waals surface area contributed by atoms with Crippen LogP contribution in [0.15, 0.2) is 12.1 Å².